The van der Waals surface area contributed by atoms with Gasteiger partial charge in [0.25, 0.3) is 0 Å². The molecular formula is C19H14ClF3N4OS. The second-order valence-corrected chi connectivity index (χ2v) is 7.00. The minimum Gasteiger partial charge on any atom is -0.457 e. The van der Waals surface area contributed by atoms with Gasteiger partial charge in [-0.15, -0.1) is 0 Å². The predicted octanol–water partition coefficient (Wildman–Crippen LogP) is 5.95. The van der Waals surface area contributed by atoms with Crippen LogP contribution in [0.25, 0.3) is 11.0 Å². The van der Waals surface area contributed by atoms with Crippen LogP contribution in [0, 0.1) is 0 Å². The lowest BCUT2D eigenvalue weighted by Crippen LogP contribution is -2.11. The Morgan fingerprint density at radius 1 is 1.21 bits per heavy atom. The van der Waals surface area contributed by atoms with Crippen LogP contribution in [0.5, 0.6) is 5.75 Å². The number of imidazole rings is 1. The second-order valence-electron chi connectivity index (χ2n) is 5.61. The van der Waals surface area contributed by atoms with Gasteiger partial charge in [-0.05, 0) is 24.3 Å². The van der Waals surface area contributed by atoms with Crippen LogP contribution in [0.3, 0.4) is 0 Å². The third kappa shape index (κ3) is 5.39. The molecule has 0 spiro atoms. The van der Waals surface area contributed by atoms with Crippen molar-refractivity contribution in [1.29, 1.82) is 0 Å². The van der Waals surface area contributed by atoms with Gasteiger partial charge in [0.2, 0.25) is 5.82 Å². The topological polar surface area (TPSA) is 63.7 Å². The lowest BCUT2D eigenvalue weighted by Gasteiger charge is -2.06. The predicted molar refractivity (Wildman–Crippen MR) is 107 cm³/mol. The molecule has 10 heteroatoms. The minimum absolute atomic E-state index is 0.104. The summed E-state index contributed by atoms with van der Waals surface area (Å²) in [5.41, 5.74) is 1.41. The van der Waals surface area contributed by atoms with E-state index in [1.807, 2.05) is 0 Å². The monoisotopic (exact) mass is 438 g/mol. The first-order chi connectivity index (χ1) is 13.8. The highest BCUT2D eigenvalue weighted by molar-refractivity contribution is 7.98. The van der Waals surface area contributed by atoms with Crippen molar-refractivity contribution >= 4 is 34.4 Å². The summed E-state index contributed by atoms with van der Waals surface area (Å²) in [6.07, 6.45) is 0.155. The number of aromatic amines is 1. The van der Waals surface area contributed by atoms with Crippen molar-refractivity contribution in [3.63, 3.8) is 0 Å². The number of hydrogen-bond donors (Lipinski definition) is 1. The molecule has 0 atom stereocenters. The summed E-state index contributed by atoms with van der Waals surface area (Å²) in [5.74, 6) is 0.672. The lowest BCUT2D eigenvalue weighted by atomic mass is 10.3. The molecule has 0 radical (unpaired) electrons. The van der Waals surface area contributed by atoms with Crippen LogP contribution in [-0.2, 0) is 11.9 Å². The van der Waals surface area contributed by atoms with Gasteiger partial charge in [-0.2, -0.15) is 13.2 Å². The number of fused-ring (bicyclic) bond motifs is 1. The Bertz CT molecular complexity index is 1090. The number of thioether (sulfide) groups is 1. The molecule has 2 aromatic heterocycles. The number of rotatable bonds is 7. The fraction of sp³-hybridized carbons (Fsp3) is 0.105. The molecule has 0 aliphatic heterocycles. The summed E-state index contributed by atoms with van der Waals surface area (Å²) < 4.78 is 44.1. The van der Waals surface area contributed by atoms with Gasteiger partial charge in [-0.3, -0.25) is 0 Å². The Kier molecular flexibility index (Phi) is 6.29. The minimum atomic E-state index is -4.67. The molecule has 0 unspecified atom stereocenters. The van der Waals surface area contributed by atoms with Gasteiger partial charge in [0, 0.05) is 12.1 Å². The molecule has 0 amide bonds. The molecule has 0 saturated carbocycles. The molecular weight excluding hydrogens is 425 g/mol. The van der Waals surface area contributed by atoms with E-state index in [1.54, 1.807) is 36.4 Å². The zero-order chi connectivity index (χ0) is 21.0. The van der Waals surface area contributed by atoms with E-state index < -0.39 is 12.0 Å². The number of hydrogen-bond acceptors (Lipinski definition) is 5. The van der Waals surface area contributed by atoms with Crippen molar-refractivity contribution in [3.8, 4) is 5.75 Å². The van der Waals surface area contributed by atoms with E-state index in [9.17, 15) is 13.2 Å². The van der Waals surface area contributed by atoms with E-state index in [2.05, 4.69) is 33.1 Å². The summed E-state index contributed by atoms with van der Waals surface area (Å²) in [7, 11) is 0. The largest absolute Gasteiger partial charge is 0.457 e. The van der Waals surface area contributed by atoms with Crippen LogP contribution in [0.4, 0.5) is 13.2 Å². The highest BCUT2D eigenvalue weighted by Crippen LogP contribution is 2.30. The first-order valence-corrected chi connectivity index (χ1v) is 9.51. The molecule has 150 valence electrons. The summed E-state index contributed by atoms with van der Waals surface area (Å²) in [6, 6.07) is 6.56. The van der Waals surface area contributed by atoms with Crippen molar-refractivity contribution in [2.24, 2.45) is 0 Å². The van der Waals surface area contributed by atoms with Gasteiger partial charge in [0.1, 0.15) is 27.5 Å². The van der Waals surface area contributed by atoms with Gasteiger partial charge in [0.15, 0.2) is 0 Å². The molecule has 0 saturated heterocycles. The van der Waals surface area contributed by atoms with E-state index in [1.165, 1.54) is 6.07 Å². The highest BCUT2D eigenvalue weighted by atomic mass is 35.5. The summed E-state index contributed by atoms with van der Waals surface area (Å²) in [6.45, 7) is 7.28. The van der Waals surface area contributed by atoms with E-state index in [4.69, 9.17) is 16.3 Å². The van der Waals surface area contributed by atoms with Crippen LogP contribution >= 0.6 is 23.4 Å². The molecule has 3 rings (SSSR count). The maximum absolute atomic E-state index is 12.8. The lowest BCUT2D eigenvalue weighted by molar-refractivity contribution is -0.145. The number of nitrogens with zero attached hydrogens (tertiary/aromatic N) is 3. The molecule has 1 N–H and O–H groups in total. The van der Waals surface area contributed by atoms with E-state index in [-0.39, 0.29) is 15.9 Å². The van der Waals surface area contributed by atoms with Crippen LogP contribution in [-0.4, -0.2) is 19.9 Å². The number of nitrogens with one attached hydrogen (secondary N) is 1. The maximum Gasteiger partial charge on any atom is 0.451 e. The Morgan fingerprint density at radius 3 is 2.69 bits per heavy atom. The van der Waals surface area contributed by atoms with Crippen molar-refractivity contribution in [2.45, 2.75) is 17.0 Å². The Hall–Kier alpha value is -2.78. The van der Waals surface area contributed by atoms with Crippen LogP contribution < -0.4 is 4.74 Å². The molecule has 3 aromatic rings. The molecule has 0 fully saturated rings. The molecule has 1 aromatic carbocycles. The van der Waals surface area contributed by atoms with Crippen molar-refractivity contribution in [3.05, 3.63) is 78.2 Å². The Morgan fingerprint density at radius 2 is 2.00 bits per heavy atom. The quantitative estimate of drug-likeness (QED) is 0.214. The molecule has 0 aliphatic carbocycles. The third-order valence-corrected chi connectivity index (χ3v) is 4.62. The number of allylic oxidation sites excluding steroid dienone is 3. The smallest absolute Gasteiger partial charge is 0.451 e. The number of benzene rings is 1. The summed E-state index contributed by atoms with van der Waals surface area (Å²) >= 11 is 6.74. The maximum atomic E-state index is 12.8. The number of halogens is 4. The zero-order valence-electron chi connectivity index (χ0n) is 14.8. The number of aromatic nitrogens is 4. The molecule has 29 heavy (non-hydrogen) atoms. The molecule has 5 nitrogen and oxygen atoms in total. The normalized spacial score (nSPS) is 12.2. The van der Waals surface area contributed by atoms with Gasteiger partial charge in [0.05, 0.1) is 16.8 Å². The fourth-order valence-electron chi connectivity index (χ4n) is 2.31. The molecule has 0 aliphatic rings. The van der Waals surface area contributed by atoms with Crippen molar-refractivity contribution in [1.82, 2.24) is 19.9 Å². The van der Waals surface area contributed by atoms with E-state index >= 15 is 0 Å². The first kappa shape index (κ1) is 20.9. The fourth-order valence-corrected chi connectivity index (χ4v) is 3.32. The van der Waals surface area contributed by atoms with E-state index in [0.717, 1.165) is 17.3 Å². The number of ether oxygens (including phenoxy) is 1. The average molecular weight is 439 g/mol. The van der Waals surface area contributed by atoms with Crippen molar-refractivity contribution < 1.29 is 17.9 Å². The van der Waals surface area contributed by atoms with E-state index in [0.29, 0.717) is 22.8 Å². The van der Waals surface area contributed by atoms with Gasteiger partial charge < -0.3 is 9.72 Å². The first-order valence-electron chi connectivity index (χ1n) is 8.14. The average Bonchev–Trinajstić information content (AvgIpc) is 3.07. The van der Waals surface area contributed by atoms with Crippen LogP contribution in [0.15, 0.2) is 66.4 Å². The third-order valence-electron chi connectivity index (χ3n) is 3.50. The summed E-state index contributed by atoms with van der Waals surface area (Å²) in [4.78, 5) is 14.2. The standard InChI is InChI=1S/C19H14ClF3N4OS/c1-3-5-11(4-2)28-12-6-7-13-14(8-12)25-16(24-13)10-29-17-9-15(20)26-18(27-17)19(21,22)23/h3-9H,1-2,10H2,(H,24,25)/b11-5+. The second kappa shape index (κ2) is 8.71. The van der Waals surface area contributed by atoms with Crippen LogP contribution in [0.1, 0.15) is 11.6 Å². The Balaban J connectivity index is 1.76. The molecule has 2 heterocycles. The van der Waals surface area contributed by atoms with Crippen LogP contribution in [0.2, 0.25) is 5.15 Å². The SMILES string of the molecule is C=C/C=C(\C=C)Oc1ccc2nc(CSc3cc(Cl)nc(C(F)(F)F)n3)[nH]c2c1. The zero-order valence-corrected chi connectivity index (χ0v) is 16.4. The number of alkyl halides is 3. The van der Waals surface area contributed by atoms with Gasteiger partial charge >= 0.3 is 6.18 Å². The van der Waals surface area contributed by atoms with Crippen molar-refractivity contribution in [2.75, 3.05) is 0 Å². The Labute approximate surface area is 173 Å². The van der Waals surface area contributed by atoms with Gasteiger partial charge in [-0.1, -0.05) is 42.6 Å². The van der Waals surface area contributed by atoms with Gasteiger partial charge in [-0.25, -0.2) is 15.0 Å². The molecule has 0 bridgehead atoms. The highest BCUT2D eigenvalue weighted by Gasteiger charge is 2.35. The summed E-state index contributed by atoms with van der Waals surface area (Å²) in [5, 5.41) is -0.168. The number of H-pyrrole nitrogens is 1.